The van der Waals surface area contributed by atoms with Crippen molar-refractivity contribution in [1.29, 1.82) is 0 Å². The lowest BCUT2D eigenvalue weighted by Gasteiger charge is -2.40. The monoisotopic (exact) mass is 624 g/mol. The highest BCUT2D eigenvalue weighted by molar-refractivity contribution is 9.09. The van der Waals surface area contributed by atoms with Crippen LogP contribution in [-0.2, 0) is 23.1 Å². The van der Waals surface area contributed by atoms with Gasteiger partial charge in [-0.2, -0.15) is 0 Å². The van der Waals surface area contributed by atoms with E-state index in [0.717, 1.165) is 27.5 Å². The lowest BCUT2D eigenvalue weighted by Crippen LogP contribution is -2.63. The van der Waals surface area contributed by atoms with Crippen molar-refractivity contribution < 1.29 is 23.5 Å². The van der Waals surface area contributed by atoms with Crippen LogP contribution in [0.3, 0.4) is 0 Å². The molecule has 6 rings (SSSR count). The van der Waals surface area contributed by atoms with E-state index in [1.54, 1.807) is 16.5 Å². The van der Waals surface area contributed by atoms with E-state index in [2.05, 4.69) is 21.2 Å². The van der Waals surface area contributed by atoms with E-state index in [4.69, 9.17) is 9.16 Å². The summed E-state index contributed by atoms with van der Waals surface area (Å²) in [5.41, 5.74) is 1.86. The number of benzene rings is 2. The molecular formula is C29H33BrN4O5Si. The van der Waals surface area contributed by atoms with Crippen molar-refractivity contribution >= 4 is 64.1 Å². The van der Waals surface area contributed by atoms with E-state index < -0.39 is 42.6 Å². The first kappa shape index (κ1) is 27.0. The summed E-state index contributed by atoms with van der Waals surface area (Å²) in [7, 11) is -1.35. The van der Waals surface area contributed by atoms with Crippen molar-refractivity contribution in [2.24, 2.45) is 0 Å². The van der Waals surface area contributed by atoms with Gasteiger partial charge in [0.15, 0.2) is 0 Å². The fraction of sp³-hybridized carbons (Fsp3) is 0.414. The summed E-state index contributed by atoms with van der Waals surface area (Å²) in [5, 5.41) is 5.09. The van der Waals surface area contributed by atoms with Gasteiger partial charge in [-0.1, -0.05) is 52.3 Å². The topological polar surface area (TPSA) is 93.1 Å². The number of para-hydroxylation sites is 2. The van der Waals surface area contributed by atoms with Crippen molar-refractivity contribution in [1.82, 2.24) is 14.4 Å². The molecule has 1 N–H and O–H groups in total. The Morgan fingerprint density at radius 1 is 1.10 bits per heavy atom. The number of ether oxygens (including phenoxy) is 1. The van der Waals surface area contributed by atoms with Gasteiger partial charge in [0.2, 0.25) is 20.1 Å². The Labute approximate surface area is 242 Å². The highest BCUT2D eigenvalue weighted by atomic mass is 79.9. The van der Waals surface area contributed by atoms with E-state index in [1.165, 1.54) is 4.90 Å². The molecule has 0 saturated carbocycles. The number of piperazine rings is 1. The Morgan fingerprint density at radius 3 is 2.50 bits per heavy atom. The van der Waals surface area contributed by atoms with E-state index in [0.29, 0.717) is 0 Å². The third kappa shape index (κ3) is 3.93. The zero-order chi connectivity index (χ0) is 28.8. The van der Waals surface area contributed by atoms with Crippen LogP contribution in [0.2, 0.25) is 13.1 Å². The third-order valence-corrected chi connectivity index (χ3v) is 11.7. The Balaban J connectivity index is 1.49. The number of halogens is 1. The van der Waals surface area contributed by atoms with Gasteiger partial charge < -0.3 is 24.3 Å². The number of alkyl halides is 1. The molecule has 0 aliphatic carbocycles. The number of aromatic nitrogens is 1. The summed E-state index contributed by atoms with van der Waals surface area (Å²) >= 11 is 4.02. The van der Waals surface area contributed by atoms with Crippen LogP contribution < -0.4 is 10.6 Å². The number of rotatable bonds is 3. The van der Waals surface area contributed by atoms with Gasteiger partial charge in [-0.05, 0) is 57.6 Å². The summed E-state index contributed by atoms with van der Waals surface area (Å²) in [6.45, 7) is 9.55. The van der Waals surface area contributed by atoms with E-state index in [1.807, 2.05) is 88.5 Å². The highest BCUT2D eigenvalue weighted by Crippen LogP contribution is 2.57. The minimum atomic E-state index is -2.99. The van der Waals surface area contributed by atoms with Gasteiger partial charge in [-0.15, -0.1) is 0 Å². The van der Waals surface area contributed by atoms with Crippen molar-refractivity contribution in [2.75, 3.05) is 18.9 Å². The summed E-state index contributed by atoms with van der Waals surface area (Å²) in [6, 6.07) is 16.7. The van der Waals surface area contributed by atoms with Crippen LogP contribution >= 0.6 is 15.9 Å². The van der Waals surface area contributed by atoms with Crippen LogP contribution in [-0.4, -0.2) is 78.1 Å². The molecule has 0 bridgehead atoms. The van der Waals surface area contributed by atoms with Gasteiger partial charge in [0.1, 0.15) is 22.1 Å². The number of likely N-dealkylation sites (N-methyl/N-ethyl adjacent to an activating group) is 1. The molecule has 9 nitrogen and oxygen atoms in total. The predicted molar refractivity (Wildman–Crippen MR) is 158 cm³/mol. The average molecular weight is 626 g/mol. The molecule has 2 amide bonds. The van der Waals surface area contributed by atoms with E-state index in [-0.39, 0.29) is 18.4 Å². The first-order chi connectivity index (χ1) is 18.7. The van der Waals surface area contributed by atoms with Crippen molar-refractivity contribution in [3.8, 4) is 0 Å². The molecule has 2 aromatic carbocycles. The largest absolute Gasteiger partial charge is 0.443 e. The fourth-order valence-electron chi connectivity index (χ4n) is 6.23. The zero-order valence-corrected chi connectivity index (χ0v) is 26.0. The zero-order valence-electron chi connectivity index (χ0n) is 23.4. The van der Waals surface area contributed by atoms with Crippen LogP contribution in [0.15, 0.2) is 54.6 Å². The first-order valence-electron chi connectivity index (χ1n) is 13.4. The second-order valence-electron chi connectivity index (χ2n) is 12.3. The average Bonchev–Trinajstić information content (AvgIpc) is 3.48. The van der Waals surface area contributed by atoms with Crippen molar-refractivity contribution in [2.45, 2.75) is 62.1 Å². The van der Waals surface area contributed by atoms with Gasteiger partial charge in [-0.3, -0.25) is 14.2 Å². The molecule has 0 spiro atoms. The molecule has 210 valence electrons. The van der Waals surface area contributed by atoms with Crippen molar-refractivity contribution in [3.63, 3.8) is 0 Å². The smallest absolute Gasteiger partial charge is 0.418 e. The molecule has 2 fully saturated rings. The van der Waals surface area contributed by atoms with Crippen molar-refractivity contribution in [3.05, 3.63) is 60.2 Å². The minimum Gasteiger partial charge on any atom is -0.443 e. The van der Waals surface area contributed by atoms with Crippen LogP contribution in [0.5, 0.6) is 0 Å². The molecule has 1 aromatic heterocycles. The second kappa shape index (κ2) is 8.92. The second-order valence-corrected chi connectivity index (χ2v) is 17.3. The van der Waals surface area contributed by atoms with Gasteiger partial charge in [-0.25, -0.2) is 4.79 Å². The Bertz CT molecular complexity index is 1570. The molecular weight excluding hydrogens is 592 g/mol. The molecule has 11 heteroatoms. The SMILES string of the molecule is CN1CC(=O)N2[C@H](C1=O)[C@@H](O[Si](C)(C)c1cc3ccccc3n1C(=O)OC(C)(C)C)[C@]1(Br)c3ccccc3N[C@H]21. The molecule has 3 aliphatic rings. The van der Waals surface area contributed by atoms with Crippen LogP contribution in [0, 0.1) is 0 Å². The number of anilines is 1. The van der Waals surface area contributed by atoms with Crippen LogP contribution in [0.1, 0.15) is 26.3 Å². The number of hydrogen-bond donors (Lipinski definition) is 1. The molecule has 0 unspecified atom stereocenters. The molecule has 40 heavy (non-hydrogen) atoms. The summed E-state index contributed by atoms with van der Waals surface area (Å²) in [5.74, 6) is -0.315. The maximum atomic E-state index is 13.7. The maximum Gasteiger partial charge on any atom is 0.418 e. The van der Waals surface area contributed by atoms with Gasteiger partial charge in [0, 0.05) is 23.4 Å². The van der Waals surface area contributed by atoms with Gasteiger partial charge in [0.25, 0.3) is 0 Å². The fourth-order valence-corrected chi connectivity index (χ4v) is 9.75. The summed E-state index contributed by atoms with van der Waals surface area (Å²) in [4.78, 5) is 43.8. The summed E-state index contributed by atoms with van der Waals surface area (Å²) < 4.78 is 13.7. The maximum absolute atomic E-state index is 13.7. The number of carbonyl (C=O) groups is 3. The Hall–Kier alpha value is -3.15. The number of fused-ring (bicyclic) bond motifs is 6. The highest BCUT2D eigenvalue weighted by Gasteiger charge is 2.69. The molecule has 2 saturated heterocycles. The normalized spacial score (nSPS) is 26.0. The number of hydrogen-bond acceptors (Lipinski definition) is 6. The number of nitrogens with zero attached hydrogens (tertiary/aromatic N) is 3. The lowest BCUT2D eigenvalue weighted by molar-refractivity contribution is -0.155. The molecule has 4 heterocycles. The molecule has 3 aromatic rings. The molecule has 4 atom stereocenters. The first-order valence-corrected chi connectivity index (χ1v) is 17.1. The third-order valence-electron chi connectivity index (χ3n) is 7.92. The number of nitrogens with one attached hydrogen (secondary N) is 1. The number of carbonyl (C=O) groups excluding carboxylic acids is 3. The quantitative estimate of drug-likeness (QED) is 0.350. The van der Waals surface area contributed by atoms with E-state index >= 15 is 0 Å². The van der Waals surface area contributed by atoms with Crippen LogP contribution in [0.25, 0.3) is 10.9 Å². The van der Waals surface area contributed by atoms with Crippen LogP contribution in [0.4, 0.5) is 10.5 Å². The van der Waals surface area contributed by atoms with Gasteiger partial charge >= 0.3 is 6.09 Å². The Kier molecular flexibility index (Phi) is 6.03. The Morgan fingerprint density at radius 2 is 1.77 bits per heavy atom. The molecule has 0 radical (unpaired) electrons. The molecule has 3 aliphatic heterocycles. The summed E-state index contributed by atoms with van der Waals surface area (Å²) in [6.07, 6.45) is -1.71. The van der Waals surface area contributed by atoms with E-state index in [9.17, 15) is 14.4 Å². The standard InChI is InChI=1S/C29H33BrN4O5Si/c1-28(2,3)38-27(37)33-20-14-10-7-11-17(20)15-22(33)40(5,6)39-24-23-25(36)32(4)16-21(35)34(23)26-29(24,30)18-12-8-9-13-19(18)31-26/h7-15,23-24,26,31H,16H2,1-6H3/t23-,24+,26+,29+/m0/s1. The van der Waals surface area contributed by atoms with Gasteiger partial charge in [0.05, 0.1) is 18.2 Å². The minimum absolute atomic E-state index is 0.00731. The lowest BCUT2D eigenvalue weighted by atomic mass is 9.92. The predicted octanol–water partition coefficient (Wildman–Crippen LogP) is 3.95. The number of amides is 2.